The van der Waals surface area contributed by atoms with Crippen LogP contribution in [0.15, 0.2) is 29.2 Å². The summed E-state index contributed by atoms with van der Waals surface area (Å²) in [5.74, 6) is 0. The van der Waals surface area contributed by atoms with Crippen molar-refractivity contribution >= 4 is 9.84 Å². The average Bonchev–Trinajstić information content (AvgIpc) is 2.29. The molecule has 0 spiro atoms. The van der Waals surface area contributed by atoms with Crippen molar-refractivity contribution in [1.29, 1.82) is 5.26 Å². The number of hydrogen-bond acceptors (Lipinski definition) is 4. The van der Waals surface area contributed by atoms with Crippen molar-refractivity contribution in [3.63, 3.8) is 0 Å². The Balaban J connectivity index is 3.16. The summed E-state index contributed by atoms with van der Waals surface area (Å²) in [6.07, 6.45) is 1.18. The van der Waals surface area contributed by atoms with Crippen LogP contribution in [0.1, 0.15) is 25.5 Å². The average molecular weight is 266 g/mol. The number of nitrogens with one attached hydrogen (secondary N) is 1. The maximum atomic E-state index is 11.4. The van der Waals surface area contributed by atoms with Crippen LogP contribution >= 0.6 is 0 Å². The zero-order chi connectivity index (χ0) is 14.0. The molecule has 4 nitrogen and oxygen atoms in total. The minimum Gasteiger partial charge on any atom is -0.312 e. The minimum atomic E-state index is -3.18. The molecule has 0 aromatic heterocycles. The van der Waals surface area contributed by atoms with Gasteiger partial charge in [0.25, 0.3) is 0 Å². The predicted octanol–water partition coefficient (Wildman–Crippen LogP) is 1.90. The standard InChI is InChI=1S/C13H18N2O2S/c1-13(2,9-14)12(15-3)10-5-7-11(8-6-10)18(4,16)17/h5-8,12,15H,1-4H3. The van der Waals surface area contributed by atoms with E-state index in [0.29, 0.717) is 0 Å². The molecule has 1 N–H and O–H groups in total. The molecule has 0 radical (unpaired) electrons. The number of nitrogens with zero attached hydrogens (tertiary/aromatic N) is 1. The van der Waals surface area contributed by atoms with E-state index in [4.69, 9.17) is 5.26 Å². The lowest BCUT2D eigenvalue weighted by Gasteiger charge is -2.28. The Labute approximate surface area is 109 Å². The second-order valence-corrected chi connectivity index (χ2v) is 6.91. The summed E-state index contributed by atoms with van der Waals surface area (Å²) < 4.78 is 22.7. The van der Waals surface area contributed by atoms with Gasteiger partial charge in [-0.15, -0.1) is 0 Å². The molecule has 1 atom stereocenters. The largest absolute Gasteiger partial charge is 0.312 e. The minimum absolute atomic E-state index is 0.142. The molecule has 5 heteroatoms. The fourth-order valence-electron chi connectivity index (χ4n) is 1.92. The first kappa shape index (κ1) is 14.7. The van der Waals surface area contributed by atoms with Crippen LogP contribution in [0.3, 0.4) is 0 Å². The Morgan fingerprint density at radius 3 is 2.11 bits per heavy atom. The molecule has 0 aliphatic rings. The van der Waals surface area contributed by atoms with E-state index in [2.05, 4.69) is 11.4 Å². The molecule has 18 heavy (non-hydrogen) atoms. The van der Waals surface area contributed by atoms with E-state index < -0.39 is 15.3 Å². The van der Waals surface area contributed by atoms with Crippen LogP contribution in [0.5, 0.6) is 0 Å². The molecule has 0 saturated carbocycles. The van der Waals surface area contributed by atoms with E-state index in [1.54, 1.807) is 31.3 Å². The van der Waals surface area contributed by atoms with Crippen molar-refractivity contribution in [2.45, 2.75) is 24.8 Å². The molecule has 0 bridgehead atoms. The Hall–Kier alpha value is -1.38. The van der Waals surface area contributed by atoms with E-state index in [1.807, 2.05) is 13.8 Å². The van der Waals surface area contributed by atoms with Gasteiger partial charge in [0.05, 0.1) is 22.4 Å². The van der Waals surface area contributed by atoms with Gasteiger partial charge in [-0.25, -0.2) is 8.42 Å². The highest BCUT2D eigenvalue weighted by atomic mass is 32.2. The van der Waals surface area contributed by atoms with Crippen LogP contribution in [0.2, 0.25) is 0 Å². The van der Waals surface area contributed by atoms with Gasteiger partial charge < -0.3 is 5.32 Å². The number of hydrogen-bond donors (Lipinski definition) is 1. The lowest BCUT2D eigenvalue weighted by Crippen LogP contribution is -2.30. The van der Waals surface area contributed by atoms with Crippen molar-refractivity contribution in [3.8, 4) is 6.07 Å². The van der Waals surface area contributed by atoms with Crippen molar-refractivity contribution < 1.29 is 8.42 Å². The van der Waals surface area contributed by atoms with Gasteiger partial charge in [0.15, 0.2) is 9.84 Å². The number of benzene rings is 1. The molecule has 0 aliphatic carbocycles. The van der Waals surface area contributed by atoms with Gasteiger partial charge in [-0.3, -0.25) is 0 Å². The molecule has 0 heterocycles. The number of rotatable bonds is 4. The highest BCUT2D eigenvalue weighted by molar-refractivity contribution is 7.90. The van der Waals surface area contributed by atoms with E-state index in [1.165, 1.54) is 6.26 Å². The molecule has 0 fully saturated rings. The van der Waals surface area contributed by atoms with Gasteiger partial charge >= 0.3 is 0 Å². The summed E-state index contributed by atoms with van der Waals surface area (Å²) in [5, 5.41) is 12.3. The molecule has 1 aromatic rings. The fourth-order valence-corrected chi connectivity index (χ4v) is 2.55. The smallest absolute Gasteiger partial charge is 0.175 e. The first-order chi connectivity index (χ1) is 8.22. The Kier molecular flexibility index (Phi) is 4.15. The monoisotopic (exact) mass is 266 g/mol. The maximum Gasteiger partial charge on any atom is 0.175 e. The maximum absolute atomic E-state index is 11.4. The van der Waals surface area contributed by atoms with Crippen LogP contribution in [-0.4, -0.2) is 21.7 Å². The Bertz CT molecular complexity index is 554. The third kappa shape index (κ3) is 3.09. The van der Waals surface area contributed by atoms with Crippen LogP contribution in [-0.2, 0) is 9.84 Å². The first-order valence-electron chi connectivity index (χ1n) is 5.61. The van der Waals surface area contributed by atoms with Gasteiger partial charge in [-0.1, -0.05) is 12.1 Å². The Morgan fingerprint density at radius 1 is 1.28 bits per heavy atom. The van der Waals surface area contributed by atoms with E-state index >= 15 is 0 Å². The van der Waals surface area contributed by atoms with Crippen molar-refractivity contribution in [3.05, 3.63) is 29.8 Å². The summed E-state index contributed by atoms with van der Waals surface area (Å²) in [6.45, 7) is 3.69. The van der Waals surface area contributed by atoms with Gasteiger partial charge in [-0.2, -0.15) is 5.26 Å². The highest BCUT2D eigenvalue weighted by Crippen LogP contribution is 2.32. The molecular weight excluding hydrogens is 248 g/mol. The number of sulfone groups is 1. The molecular formula is C13H18N2O2S. The summed E-state index contributed by atoms with van der Waals surface area (Å²) in [5.41, 5.74) is 0.331. The second-order valence-electron chi connectivity index (χ2n) is 4.90. The van der Waals surface area contributed by atoms with E-state index in [-0.39, 0.29) is 10.9 Å². The van der Waals surface area contributed by atoms with Gasteiger partial charge in [0.2, 0.25) is 0 Å². The van der Waals surface area contributed by atoms with Crippen molar-refractivity contribution in [1.82, 2.24) is 5.32 Å². The highest BCUT2D eigenvalue weighted by Gasteiger charge is 2.29. The summed E-state index contributed by atoms with van der Waals surface area (Å²) in [7, 11) is -1.39. The molecule has 1 aromatic carbocycles. The third-order valence-corrected chi connectivity index (χ3v) is 4.07. The van der Waals surface area contributed by atoms with Crippen LogP contribution < -0.4 is 5.32 Å². The molecule has 0 amide bonds. The van der Waals surface area contributed by atoms with Crippen molar-refractivity contribution in [2.75, 3.05) is 13.3 Å². The van der Waals surface area contributed by atoms with Crippen LogP contribution in [0, 0.1) is 16.7 Å². The molecule has 0 aliphatic heterocycles. The van der Waals surface area contributed by atoms with E-state index in [9.17, 15) is 8.42 Å². The topological polar surface area (TPSA) is 70.0 Å². The van der Waals surface area contributed by atoms with Crippen LogP contribution in [0.25, 0.3) is 0 Å². The molecule has 1 unspecified atom stereocenters. The predicted molar refractivity (Wildman–Crippen MR) is 70.7 cm³/mol. The third-order valence-electron chi connectivity index (χ3n) is 2.94. The number of nitriles is 1. The van der Waals surface area contributed by atoms with Gasteiger partial charge in [-0.05, 0) is 38.6 Å². The summed E-state index contributed by atoms with van der Waals surface area (Å²) in [4.78, 5) is 0.288. The van der Waals surface area contributed by atoms with Crippen LogP contribution in [0.4, 0.5) is 0 Å². The zero-order valence-electron chi connectivity index (χ0n) is 11.1. The van der Waals surface area contributed by atoms with Crippen molar-refractivity contribution in [2.24, 2.45) is 5.41 Å². The second kappa shape index (κ2) is 5.09. The Morgan fingerprint density at radius 2 is 1.78 bits per heavy atom. The lowest BCUT2D eigenvalue weighted by molar-refractivity contribution is 0.344. The lowest BCUT2D eigenvalue weighted by atomic mass is 9.82. The molecule has 98 valence electrons. The van der Waals surface area contributed by atoms with E-state index in [0.717, 1.165) is 5.56 Å². The summed E-state index contributed by atoms with van der Waals surface area (Å²) in [6, 6.07) is 8.75. The quantitative estimate of drug-likeness (QED) is 0.903. The first-order valence-corrected chi connectivity index (χ1v) is 7.50. The van der Waals surface area contributed by atoms with Gasteiger partial charge in [0.1, 0.15) is 0 Å². The molecule has 0 saturated heterocycles. The summed E-state index contributed by atoms with van der Waals surface area (Å²) >= 11 is 0. The normalized spacial score (nSPS) is 13.9. The SMILES string of the molecule is CNC(c1ccc(S(C)(=O)=O)cc1)C(C)(C)C#N. The molecule has 1 rings (SSSR count). The van der Waals surface area contributed by atoms with Gasteiger partial charge in [0, 0.05) is 6.26 Å². The zero-order valence-corrected chi connectivity index (χ0v) is 11.9. The fraction of sp³-hybridized carbons (Fsp3) is 0.462.